The maximum atomic E-state index is 14.9. The molecular formula is C22H32FN. The van der Waals surface area contributed by atoms with Gasteiger partial charge in [-0.05, 0) is 57.3 Å². The van der Waals surface area contributed by atoms with E-state index in [4.69, 9.17) is 0 Å². The van der Waals surface area contributed by atoms with Crippen molar-refractivity contribution in [3.8, 4) is 0 Å². The van der Waals surface area contributed by atoms with E-state index in [2.05, 4.69) is 49.7 Å². The summed E-state index contributed by atoms with van der Waals surface area (Å²) in [6.07, 6.45) is 12.7. The van der Waals surface area contributed by atoms with Crippen LogP contribution in [0, 0.1) is 5.92 Å². The highest BCUT2D eigenvalue weighted by Gasteiger charge is 2.25. The van der Waals surface area contributed by atoms with Gasteiger partial charge in [0.05, 0.1) is 6.54 Å². The van der Waals surface area contributed by atoms with Gasteiger partial charge in [0.25, 0.3) is 0 Å². The first-order valence-electron chi connectivity index (χ1n) is 8.81. The number of aliphatic imine (C=N–C) groups is 1. The number of alkyl halides is 1. The molecule has 1 aliphatic rings. The van der Waals surface area contributed by atoms with Crippen LogP contribution in [0.5, 0.6) is 0 Å². The van der Waals surface area contributed by atoms with Crippen LogP contribution in [-0.4, -0.2) is 17.9 Å². The van der Waals surface area contributed by atoms with E-state index < -0.39 is 5.67 Å². The molecule has 0 amide bonds. The summed E-state index contributed by atoms with van der Waals surface area (Å²) in [6, 6.07) is 0. The summed E-state index contributed by atoms with van der Waals surface area (Å²) in [4.78, 5) is 4.51. The fourth-order valence-corrected chi connectivity index (χ4v) is 2.52. The van der Waals surface area contributed by atoms with Gasteiger partial charge < -0.3 is 0 Å². The molecule has 1 aliphatic carbocycles. The fourth-order valence-electron chi connectivity index (χ4n) is 2.52. The highest BCUT2D eigenvalue weighted by atomic mass is 19.1. The van der Waals surface area contributed by atoms with Crippen LogP contribution in [0.15, 0.2) is 64.2 Å². The molecule has 132 valence electrons. The minimum atomic E-state index is -1.44. The van der Waals surface area contributed by atoms with Crippen LogP contribution in [-0.2, 0) is 0 Å². The Balaban J connectivity index is 3.35. The molecule has 0 heterocycles. The van der Waals surface area contributed by atoms with E-state index in [0.717, 1.165) is 29.7 Å². The predicted molar refractivity (Wildman–Crippen MR) is 105 cm³/mol. The molecule has 24 heavy (non-hydrogen) atoms. The Hall–Kier alpha value is -1.70. The summed E-state index contributed by atoms with van der Waals surface area (Å²) >= 11 is 0. The van der Waals surface area contributed by atoms with Crippen molar-refractivity contribution in [2.45, 2.75) is 60.1 Å². The summed E-state index contributed by atoms with van der Waals surface area (Å²) in [5, 5.41) is 0. The smallest absolute Gasteiger partial charge is 0.132 e. The molecule has 0 saturated heterocycles. The van der Waals surface area contributed by atoms with Gasteiger partial charge in [0.15, 0.2) is 0 Å². The van der Waals surface area contributed by atoms with Crippen molar-refractivity contribution in [3.05, 3.63) is 59.3 Å². The number of hydrogen-bond donors (Lipinski definition) is 0. The first-order valence-corrected chi connectivity index (χ1v) is 8.81. The molecule has 0 fully saturated rings. The Morgan fingerprint density at radius 2 is 2.08 bits per heavy atom. The van der Waals surface area contributed by atoms with Crippen LogP contribution in [0.25, 0.3) is 0 Å². The summed E-state index contributed by atoms with van der Waals surface area (Å²) in [6.45, 7) is 15.8. The molecular weight excluding hydrogens is 297 g/mol. The summed E-state index contributed by atoms with van der Waals surface area (Å²) < 4.78 is 14.9. The molecule has 0 radical (unpaired) electrons. The van der Waals surface area contributed by atoms with Crippen LogP contribution in [0.4, 0.5) is 4.39 Å². The molecule has 0 bridgehead atoms. The molecule has 1 nitrogen and oxygen atoms in total. The predicted octanol–water partition coefficient (Wildman–Crippen LogP) is 6.56. The van der Waals surface area contributed by atoms with Crippen molar-refractivity contribution >= 4 is 5.71 Å². The largest absolute Gasteiger partial charge is 0.285 e. The zero-order valence-electron chi connectivity index (χ0n) is 16.1. The van der Waals surface area contributed by atoms with Crippen molar-refractivity contribution in [1.82, 2.24) is 0 Å². The molecule has 0 N–H and O–H groups in total. The van der Waals surface area contributed by atoms with Crippen LogP contribution in [0.2, 0.25) is 0 Å². The lowest BCUT2D eigenvalue weighted by Gasteiger charge is -2.21. The maximum Gasteiger partial charge on any atom is 0.132 e. The number of halogens is 1. The topological polar surface area (TPSA) is 12.4 Å². The van der Waals surface area contributed by atoms with Gasteiger partial charge >= 0.3 is 0 Å². The summed E-state index contributed by atoms with van der Waals surface area (Å²) in [5.74, 6) is 0.447. The lowest BCUT2D eigenvalue weighted by Crippen LogP contribution is -2.22. The first-order chi connectivity index (χ1) is 11.1. The molecule has 0 aliphatic heterocycles. The lowest BCUT2D eigenvalue weighted by molar-refractivity contribution is 0.277. The fraction of sp³-hybridized carbons (Fsp3) is 0.500. The lowest BCUT2D eigenvalue weighted by atomic mass is 9.90. The Morgan fingerprint density at radius 1 is 1.42 bits per heavy atom. The van der Waals surface area contributed by atoms with E-state index in [9.17, 15) is 4.39 Å². The Bertz CT molecular complexity index is 606. The Kier molecular flexibility index (Phi) is 7.59. The summed E-state index contributed by atoms with van der Waals surface area (Å²) in [5.41, 5.74) is 3.17. The third kappa shape index (κ3) is 6.43. The van der Waals surface area contributed by atoms with Crippen molar-refractivity contribution < 1.29 is 4.39 Å². The van der Waals surface area contributed by atoms with Crippen LogP contribution >= 0.6 is 0 Å². The third-order valence-electron chi connectivity index (χ3n) is 4.13. The molecule has 0 aromatic rings. The van der Waals surface area contributed by atoms with E-state index >= 15 is 0 Å². The SMILES string of the molecule is C=C(C)CN=C(C)/C(=C\C(=CC(C)CC)C1=CCC=C1)C(C)(C)F. The summed E-state index contributed by atoms with van der Waals surface area (Å²) in [7, 11) is 0. The second kappa shape index (κ2) is 8.96. The molecule has 0 aromatic heterocycles. The molecule has 0 saturated carbocycles. The van der Waals surface area contributed by atoms with E-state index in [1.165, 1.54) is 5.57 Å². The van der Waals surface area contributed by atoms with E-state index in [-0.39, 0.29) is 0 Å². The average Bonchev–Trinajstić information content (AvgIpc) is 3.01. The molecule has 2 heteroatoms. The first kappa shape index (κ1) is 20.3. The van der Waals surface area contributed by atoms with Gasteiger partial charge in [0, 0.05) is 11.3 Å². The average molecular weight is 330 g/mol. The van der Waals surface area contributed by atoms with Gasteiger partial charge in [-0.3, -0.25) is 4.99 Å². The van der Waals surface area contributed by atoms with Crippen molar-refractivity contribution in [3.63, 3.8) is 0 Å². The van der Waals surface area contributed by atoms with Gasteiger partial charge in [-0.2, -0.15) is 0 Å². The van der Waals surface area contributed by atoms with E-state index in [1.54, 1.807) is 13.8 Å². The van der Waals surface area contributed by atoms with Crippen LogP contribution < -0.4 is 0 Å². The van der Waals surface area contributed by atoms with Gasteiger partial charge in [0.2, 0.25) is 0 Å². The molecule has 0 spiro atoms. The number of allylic oxidation sites excluding steroid dienone is 8. The van der Waals surface area contributed by atoms with Gasteiger partial charge in [0.1, 0.15) is 5.67 Å². The molecule has 1 rings (SSSR count). The zero-order valence-corrected chi connectivity index (χ0v) is 16.1. The van der Waals surface area contributed by atoms with E-state index in [1.807, 2.05) is 19.9 Å². The second-order valence-corrected chi connectivity index (χ2v) is 7.19. The van der Waals surface area contributed by atoms with Crippen molar-refractivity contribution in [2.75, 3.05) is 6.54 Å². The quantitative estimate of drug-likeness (QED) is 0.272. The standard InChI is InChI=1S/C22H32FN/c1-8-17(4)13-20(19-11-9-10-12-19)14-21(22(6,7)23)18(5)24-15-16(2)3/h9,11-14,17H,2,8,10,15H2,1,3-7H3/b20-13?,21-14+,24-18?. The highest BCUT2D eigenvalue weighted by Crippen LogP contribution is 2.29. The number of nitrogens with zero attached hydrogens (tertiary/aromatic N) is 1. The minimum absolute atomic E-state index is 0.447. The van der Waals surface area contributed by atoms with Crippen LogP contribution in [0.1, 0.15) is 54.4 Å². The highest BCUT2D eigenvalue weighted by molar-refractivity contribution is 6.00. The molecule has 1 atom stereocenters. The maximum absolute atomic E-state index is 14.9. The molecule has 1 unspecified atom stereocenters. The van der Waals surface area contributed by atoms with Gasteiger partial charge in [-0.25, -0.2) is 4.39 Å². The number of hydrogen-bond acceptors (Lipinski definition) is 1. The van der Waals surface area contributed by atoms with Crippen molar-refractivity contribution in [2.24, 2.45) is 10.9 Å². The normalized spacial score (nSPS) is 18.0. The Labute approximate surface area is 147 Å². The van der Waals surface area contributed by atoms with Gasteiger partial charge in [-0.15, -0.1) is 0 Å². The minimum Gasteiger partial charge on any atom is -0.285 e. The van der Waals surface area contributed by atoms with Crippen LogP contribution in [0.3, 0.4) is 0 Å². The zero-order chi connectivity index (χ0) is 18.3. The Morgan fingerprint density at radius 3 is 2.54 bits per heavy atom. The molecule has 0 aromatic carbocycles. The van der Waals surface area contributed by atoms with E-state index in [0.29, 0.717) is 18.0 Å². The van der Waals surface area contributed by atoms with Crippen molar-refractivity contribution in [1.29, 1.82) is 0 Å². The number of rotatable bonds is 8. The monoisotopic (exact) mass is 329 g/mol. The van der Waals surface area contributed by atoms with Gasteiger partial charge in [-0.1, -0.05) is 56.7 Å². The third-order valence-corrected chi connectivity index (χ3v) is 4.13. The second-order valence-electron chi connectivity index (χ2n) is 7.19.